The molecule has 1 aliphatic rings. The van der Waals surface area contributed by atoms with E-state index in [4.69, 9.17) is 17.3 Å². The van der Waals surface area contributed by atoms with Gasteiger partial charge in [0.2, 0.25) is 0 Å². The Balaban J connectivity index is 1.95. The summed E-state index contributed by atoms with van der Waals surface area (Å²) in [7, 11) is 0. The van der Waals surface area contributed by atoms with Gasteiger partial charge in [-0.15, -0.1) is 0 Å². The molecule has 1 unspecified atom stereocenters. The van der Waals surface area contributed by atoms with E-state index >= 15 is 0 Å². The second kappa shape index (κ2) is 4.90. The molecule has 3 N–H and O–H groups in total. The van der Waals surface area contributed by atoms with Gasteiger partial charge >= 0.3 is 0 Å². The molecular formula is C9H13ClN4S. The Hall–Kier alpha value is -0.680. The van der Waals surface area contributed by atoms with Crippen molar-refractivity contribution in [1.29, 1.82) is 0 Å². The average Bonchev–Trinajstić information content (AvgIpc) is 2.73. The van der Waals surface area contributed by atoms with Crippen LogP contribution in [-0.4, -0.2) is 28.0 Å². The summed E-state index contributed by atoms with van der Waals surface area (Å²) in [6.45, 7) is 0.907. The molecule has 0 amide bonds. The highest BCUT2D eigenvalue weighted by Crippen LogP contribution is 2.26. The van der Waals surface area contributed by atoms with Gasteiger partial charge in [0.25, 0.3) is 0 Å². The van der Waals surface area contributed by atoms with Crippen LogP contribution in [0.3, 0.4) is 0 Å². The number of thioether (sulfide) groups is 1. The predicted molar refractivity (Wildman–Crippen MR) is 65.4 cm³/mol. The number of aromatic nitrogens is 2. The Bertz CT molecular complexity index is 341. The number of anilines is 2. The first-order valence-corrected chi connectivity index (χ1v) is 6.38. The van der Waals surface area contributed by atoms with Crippen molar-refractivity contribution in [2.45, 2.75) is 6.42 Å². The van der Waals surface area contributed by atoms with Crippen molar-refractivity contribution < 1.29 is 0 Å². The Kier molecular flexibility index (Phi) is 3.53. The minimum absolute atomic E-state index is 0.313. The van der Waals surface area contributed by atoms with E-state index in [0.717, 1.165) is 6.54 Å². The molecule has 1 aromatic rings. The fourth-order valence-electron chi connectivity index (χ4n) is 1.50. The Morgan fingerprint density at radius 3 is 3.20 bits per heavy atom. The lowest BCUT2D eigenvalue weighted by atomic mass is 10.1. The average molecular weight is 245 g/mol. The van der Waals surface area contributed by atoms with Crippen LogP contribution in [-0.2, 0) is 0 Å². The molecule has 1 aliphatic heterocycles. The van der Waals surface area contributed by atoms with E-state index in [-0.39, 0.29) is 0 Å². The first-order valence-electron chi connectivity index (χ1n) is 4.85. The van der Waals surface area contributed by atoms with Crippen LogP contribution in [0, 0.1) is 5.92 Å². The third-order valence-corrected chi connectivity index (χ3v) is 3.95. The maximum Gasteiger partial charge on any atom is 0.157 e. The molecule has 2 rings (SSSR count). The van der Waals surface area contributed by atoms with Gasteiger partial charge in [-0.05, 0) is 23.8 Å². The number of nitrogen functional groups attached to an aromatic ring is 1. The standard InChI is InChI=1S/C9H13ClN4S/c10-8-7(11)9(14-5-13-8)12-3-6-1-2-15-4-6/h5-6H,1-4,11H2,(H,12,13,14). The third-order valence-electron chi connectivity index (χ3n) is 2.42. The Labute approximate surface area is 98.0 Å². The molecule has 1 saturated heterocycles. The van der Waals surface area contributed by atoms with Gasteiger partial charge in [-0.25, -0.2) is 9.97 Å². The number of nitrogens with two attached hydrogens (primary N) is 1. The molecule has 0 bridgehead atoms. The monoisotopic (exact) mass is 244 g/mol. The number of rotatable bonds is 3. The third kappa shape index (κ3) is 2.66. The molecule has 0 aliphatic carbocycles. The summed E-state index contributed by atoms with van der Waals surface area (Å²) in [6, 6.07) is 0. The molecule has 2 heterocycles. The van der Waals surface area contributed by atoms with Crippen molar-refractivity contribution in [1.82, 2.24) is 9.97 Å². The van der Waals surface area contributed by atoms with E-state index in [1.807, 2.05) is 11.8 Å². The second-order valence-electron chi connectivity index (χ2n) is 3.54. The molecule has 1 aromatic heterocycles. The number of hydrogen-bond donors (Lipinski definition) is 2. The molecule has 6 heteroatoms. The van der Waals surface area contributed by atoms with Crippen molar-refractivity contribution in [2.24, 2.45) is 5.92 Å². The van der Waals surface area contributed by atoms with E-state index in [0.29, 0.717) is 22.6 Å². The summed E-state index contributed by atoms with van der Waals surface area (Å²) in [5, 5.41) is 3.54. The lowest BCUT2D eigenvalue weighted by molar-refractivity contribution is 0.630. The number of hydrogen-bond acceptors (Lipinski definition) is 5. The van der Waals surface area contributed by atoms with Crippen molar-refractivity contribution >= 4 is 34.9 Å². The van der Waals surface area contributed by atoms with Gasteiger partial charge in [0.15, 0.2) is 11.0 Å². The van der Waals surface area contributed by atoms with Gasteiger partial charge in [0.1, 0.15) is 12.0 Å². The Morgan fingerprint density at radius 2 is 2.47 bits per heavy atom. The number of nitrogens with one attached hydrogen (secondary N) is 1. The zero-order valence-electron chi connectivity index (χ0n) is 8.24. The molecule has 1 atom stereocenters. The molecule has 0 spiro atoms. The van der Waals surface area contributed by atoms with E-state index in [1.54, 1.807) is 0 Å². The summed E-state index contributed by atoms with van der Waals surface area (Å²) >= 11 is 7.78. The van der Waals surface area contributed by atoms with E-state index in [9.17, 15) is 0 Å². The van der Waals surface area contributed by atoms with E-state index in [2.05, 4.69) is 15.3 Å². The van der Waals surface area contributed by atoms with Crippen LogP contribution in [0.25, 0.3) is 0 Å². The van der Waals surface area contributed by atoms with Crippen molar-refractivity contribution in [3.8, 4) is 0 Å². The van der Waals surface area contributed by atoms with Crippen LogP contribution in [0.2, 0.25) is 5.15 Å². The highest BCUT2D eigenvalue weighted by atomic mass is 35.5. The quantitative estimate of drug-likeness (QED) is 0.795. The molecule has 4 nitrogen and oxygen atoms in total. The summed E-state index contributed by atoms with van der Waals surface area (Å²) in [5.74, 6) is 3.83. The second-order valence-corrected chi connectivity index (χ2v) is 5.05. The number of halogens is 1. The zero-order chi connectivity index (χ0) is 10.7. The lowest BCUT2D eigenvalue weighted by Gasteiger charge is -2.12. The van der Waals surface area contributed by atoms with E-state index in [1.165, 1.54) is 24.3 Å². The summed E-state index contributed by atoms with van der Waals surface area (Å²) < 4.78 is 0. The van der Waals surface area contributed by atoms with Gasteiger partial charge in [-0.2, -0.15) is 11.8 Å². The predicted octanol–water partition coefficient (Wildman–Crippen LogP) is 1.88. The summed E-state index contributed by atoms with van der Waals surface area (Å²) in [6.07, 6.45) is 2.68. The van der Waals surface area contributed by atoms with Gasteiger partial charge < -0.3 is 11.1 Å². The number of nitrogens with zero attached hydrogens (tertiary/aromatic N) is 2. The van der Waals surface area contributed by atoms with Gasteiger partial charge in [0.05, 0.1) is 0 Å². The lowest BCUT2D eigenvalue weighted by Crippen LogP contribution is -2.15. The summed E-state index contributed by atoms with van der Waals surface area (Å²) in [4.78, 5) is 7.87. The maximum atomic E-state index is 5.79. The smallest absolute Gasteiger partial charge is 0.157 e. The van der Waals surface area contributed by atoms with Crippen molar-refractivity contribution in [2.75, 3.05) is 29.1 Å². The van der Waals surface area contributed by atoms with Gasteiger partial charge in [-0.1, -0.05) is 11.6 Å². The van der Waals surface area contributed by atoms with Crippen LogP contribution >= 0.6 is 23.4 Å². The molecule has 15 heavy (non-hydrogen) atoms. The fraction of sp³-hybridized carbons (Fsp3) is 0.556. The van der Waals surface area contributed by atoms with Gasteiger partial charge in [0, 0.05) is 6.54 Å². The zero-order valence-corrected chi connectivity index (χ0v) is 9.81. The molecule has 0 radical (unpaired) electrons. The topological polar surface area (TPSA) is 63.8 Å². The fourth-order valence-corrected chi connectivity index (χ4v) is 2.92. The maximum absolute atomic E-state index is 5.79. The van der Waals surface area contributed by atoms with Gasteiger partial charge in [-0.3, -0.25) is 0 Å². The normalized spacial score (nSPS) is 20.5. The van der Waals surface area contributed by atoms with Crippen molar-refractivity contribution in [3.05, 3.63) is 11.5 Å². The largest absolute Gasteiger partial charge is 0.393 e. The van der Waals surface area contributed by atoms with Crippen molar-refractivity contribution in [3.63, 3.8) is 0 Å². The molecular weight excluding hydrogens is 232 g/mol. The minimum Gasteiger partial charge on any atom is -0.393 e. The first kappa shape index (κ1) is 10.8. The Morgan fingerprint density at radius 1 is 1.60 bits per heavy atom. The van der Waals surface area contributed by atoms with Crippen LogP contribution in [0.4, 0.5) is 11.5 Å². The van der Waals surface area contributed by atoms with Crippen LogP contribution in [0.5, 0.6) is 0 Å². The molecule has 0 saturated carbocycles. The van der Waals surface area contributed by atoms with Crippen LogP contribution < -0.4 is 11.1 Å². The first-order chi connectivity index (χ1) is 7.27. The SMILES string of the molecule is Nc1c(Cl)ncnc1NCC1CCSC1. The highest BCUT2D eigenvalue weighted by Gasteiger charge is 2.16. The van der Waals surface area contributed by atoms with Crippen LogP contribution in [0.1, 0.15) is 6.42 Å². The molecule has 1 fully saturated rings. The summed E-state index contributed by atoms with van der Waals surface area (Å²) in [5.41, 5.74) is 6.18. The van der Waals surface area contributed by atoms with E-state index < -0.39 is 0 Å². The molecule has 0 aromatic carbocycles. The minimum atomic E-state index is 0.313. The van der Waals surface area contributed by atoms with Crippen LogP contribution in [0.15, 0.2) is 6.33 Å². The highest BCUT2D eigenvalue weighted by molar-refractivity contribution is 7.99. The molecule has 82 valence electrons.